The Bertz CT molecular complexity index is 913. The first-order chi connectivity index (χ1) is 12.4. The topological polar surface area (TPSA) is 102 Å². The van der Waals surface area contributed by atoms with Crippen molar-refractivity contribution >= 4 is 29.0 Å². The molecule has 3 heterocycles. The Kier molecular flexibility index (Phi) is 5.17. The lowest BCUT2D eigenvalue weighted by molar-refractivity contribution is -0.136. The average molecular weight is 373 g/mol. The molecule has 0 spiro atoms. The molecule has 0 aliphatic carbocycles. The van der Waals surface area contributed by atoms with Gasteiger partial charge in [0.2, 0.25) is 0 Å². The molecule has 0 saturated heterocycles. The molecule has 0 fully saturated rings. The van der Waals surface area contributed by atoms with Gasteiger partial charge in [0, 0.05) is 18.3 Å². The van der Waals surface area contributed by atoms with Gasteiger partial charge in [0.1, 0.15) is 5.76 Å². The van der Waals surface area contributed by atoms with Crippen molar-refractivity contribution in [2.24, 2.45) is 0 Å². The highest BCUT2D eigenvalue weighted by atomic mass is 32.1. The summed E-state index contributed by atoms with van der Waals surface area (Å²) in [5.74, 6) is -0.790. The first-order valence-electron chi connectivity index (χ1n) is 8.01. The molecule has 0 radical (unpaired) electrons. The number of amides is 2. The van der Waals surface area contributed by atoms with Gasteiger partial charge in [-0.15, -0.1) is 0 Å². The summed E-state index contributed by atoms with van der Waals surface area (Å²) in [4.78, 5) is 24.1. The fraction of sp³-hybridized carbons (Fsp3) is 0.294. The number of nitrogens with one attached hydrogen (secondary N) is 2. The van der Waals surface area contributed by atoms with Gasteiger partial charge in [-0.1, -0.05) is 5.16 Å². The number of aryl methyl sites for hydroxylation is 3. The van der Waals surface area contributed by atoms with Crippen molar-refractivity contribution in [2.75, 3.05) is 11.9 Å². The Morgan fingerprint density at radius 2 is 2.08 bits per heavy atom. The number of nitrogens with zero attached hydrogens (tertiary/aromatic N) is 3. The van der Waals surface area contributed by atoms with E-state index in [4.69, 9.17) is 4.52 Å². The van der Waals surface area contributed by atoms with E-state index in [9.17, 15) is 9.59 Å². The summed E-state index contributed by atoms with van der Waals surface area (Å²) in [6.07, 6.45) is 0. The minimum absolute atomic E-state index is 0.194. The molecule has 0 bridgehead atoms. The van der Waals surface area contributed by atoms with Crippen molar-refractivity contribution in [1.29, 1.82) is 0 Å². The largest absolute Gasteiger partial charge is 0.360 e. The van der Waals surface area contributed by atoms with E-state index in [2.05, 4.69) is 20.9 Å². The minimum atomic E-state index is -0.796. The summed E-state index contributed by atoms with van der Waals surface area (Å²) in [7, 11) is 0. The van der Waals surface area contributed by atoms with E-state index in [1.165, 1.54) is 6.07 Å². The van der Waals surface area contributed by atoms with E-state index < -0.39 is 11.8 Å². The van der Waals surface area contributed by atoms with E-state index in [1.807, 2.05) is 41.4 Å². The molecule has 0 saturated carbocycles. The van der Waals surface area contributed by atoms with Crippen molar-refractivity contribution in [1.82, 2.24) is 20.3 Å². The number of carbonyl (C=O) groups is 2. The number of hydrogen-bond acceptors (Lipinski definition) is 6. The monoisotopic (exact) mass is 373 g/mol. The van der Waals surface area contributed by atoms with Gasteiger partial charge in [0.25, 0.3) is 0 Å². The second-order valence-corrected chi connectivity index (χ2v) is 6.71. The number of thiophene rings is 1. The van der Waals surface area contributed by atoms with Gasteiger partial charge in [-0.3, -0.25) is 19.6 Å². The van der Waals surface area contributed by atoms with E-state index in [0.717, 1.165) is 17.0 Å². The van der Waals surface area contributed by atoms with Gasteiger partial charge in [-0.05, 0) is 49.2 Å². The molecule has 136 valence electrons. The molecular formula is C17H19N5O3S. The van der Waals surface area contributed by atoms with Crippen molar-refractivity contribution in [3.05, 3.63) is 51.7 Å². The molecule has 0 aromatic carbocycles. The van der Waals surface area contributed by atoms with Crippen LogP contribution in [0, 0.1) is 20.8 Å². The minimum Gasteiger partial charge on any atom is -0.360 e. The Labute approximate surface area is 154 Å². The Balaban J connectivity index is 1.68. The van der Waals surface area contributed by atoms with Gasteiger partial charge in [-0.2, -0.15) is 16.4 Å². The molecule has 0 aliphatic heterocycles. The van der Waals surface area contributed by atoms with Gasteiger partial charge >= 0.3 is 11.8 Å². The van der Waals surface area contributed by atoms with Crippen LogP contribution in [0.1, 0.15) is 28.8 Å². The van der Waals surface area contributed by atoms with Gasteiger partial charge in [-0.25, -0.2) is 0 Å². The molecule has 26 heavy (non-hydrogen) atoms. The van der Waals surface area contributed by atoms with Crippen LogP contribution in [-0.4, -0.2) is 33.3 Å². The molecule has 9 heteroatoms. The van der Waals surface area contributed by atoms with Gasteiger partial charge in [0.05, 0.1) is 11.7 Å². The lowest BCUT2D eigenvalue weighted by atomic mass is 10.1. The number of hydrogen-bond donors (Lipinski definition) is 2. The van der Waals surface area contributed by atoms with Crippen molar-refractivity contribution in [3.8, 4) is 0 Å². The Hall–Kier alpha value is -2.94. The van der Waals surface area contributed by atoms with Crippen LogP contribution in [0.3, 0.4) is 0 Å². The van der Waals surface area contributed by atoms with Crippen LogP contribution in [0.4, 0.5) is 5.82 Å². The lowest BCUT2D eigenvalue weighted by Crippen LogP contribution is -2.39. The fourth-order valence-electron chi connectivity index (χ4n) is 2.64. The zero-order chi connectivity index (χ0) is 18.7. The van der Waals surface area contributed by atoms with Gasteiger partial charge in [0.15, 0.2) is 5.82 Å². The summed E-state index contributed by atoms with van der Waals surface area (Å²) in [6.45, 7) is 5.81. The first-order valence-corrected chi connectivity index (χ1v) is 8.95. The van der Waals surface area contributed by atoms with Crippen LogP contribution in [0.5, 0.6) is 0 Å². The molecule has 1 unspecified atom stereocenters. The Morgan fingerprint density at radius 3 is 2.65 bits per heavy atom. The molecule has 3 aromatic rings. The quantitative estimate of drug-likeness (QED) is 0.668. The number of anilines is 1. The maximum atomic E-state index is 12.1. The standard InChI is InChI=1S/C17H19N5O3S/c1-10-6-11(2)22(20-10)14(13-4-5-26-9-13)8-18-16(23)17(24)19-15-7-12(3)25-21-15/h4-7,9,14H,8H2,1-3H3,(H,18,23)(H,19,21,24). The van der Waals surface area contributed by atoms with Crippen LogP contribution in [-0.2, 0) is 9.59 Å². The van der Waals surface area contributed by atoms with Crippen LogP contribution in [0.2, 0.25) is 0 Å². The highest BCUT2D eigenvalue weighted by Gasteiger charge is 2.21. The smallest absolute Gasteiger partial charge is 0.314 e. The van der Waals surface area contributed by atoms with E-state index in [0.29, 0.717) is 5.76 Å². The zero-order valence-electron chi connectivity index (χ0n) is 14.6. The van der Waals surface area contributed by atoms with Crippen LogP contribution in [0.15, 0.2) is 33.5 Å². The predicted octanol–water partition coefficient (Wildman–Crippen LogP) is 2.20. The highest BCUT2D eigenvalue weighted by molar-refractivity contribution is 7.08. The maximum Gasteiger partial charge on any atom is 0.314 e. The molecule has 1 atom stereocenters. The number of rotatable bonds is 5. The third-order valence-corrected chi connectivity index (χ3v) is 4.50. The number of aromatic nitrogens is 3. The molecule has 2 N–H and O–H groups in total. The maximum absolute atomic E-state index is 12.1. The lowest BCUT2D eigenvalue weighted by Gasteiger charge is -2.19. The average Bonchev–Trinajstić information content (AvgIpc) is 3.31. The molecular weight excluding hydrogens is 354 g/mol. The second kappa shape index (κ2) is 7.52. The summed E-state index contributed by atoms with van der Waals surface area (Å²) in [5, 5.41) is 17.2. The van der Waals surface area contributed by atoms with Gasteiger partial charge < -0.3 is 9.84 Å². The molecule has 8 nitrogen and oxygen atoms in total. The van der Waals surface area contributed by atoms with Crippen molar-refractivity contribution in [2.45, 2.75) is 26.8 Å². The number of carbonyl (C=O) groups excluding carboxylic acids is 2. The van der Waals surface area contributed by atoms with Crippen LogP contribution in [0.25, 0.3) is 0 Å². The fourth-order valence-corrected chi connectivity index (χ4v) is 3.35. The van der Waals surface area contributed by atoms with E-state index in [-0.39, 0.29) is 18.4 Å². The first kappa shape index (κ1) is 17.9. The van der Waals surface area contributed by atoms with Crippen LogP contribution < -0.4 is 10.6 Å². The summed E-state index contributed by atoms with van der Waals surface area (Å²) < 4.78 is 6.72. The second-order valence-electron chi connectivity index (χ2n) is 5.93. The molecule has 3 aromatic heterocycles. The third-order valence-electron chi connectivity index (χ3n) is 3.80. The summed E-state index contributed by atoms with van der Waals surface area (Å²) in [5.41, 5.74) is 2.90. The van der Waals surface area contributed by atoms with Crippen molar-refractivity contribution < 1.29 is 14.1 Å². The summed E-state index contributed by atoms with van der Waals surface area (Å²) >= 11 is 1.57. The van der Waals surface area contributed by atoms with Crippen molar-refractivity contribution in [3.63, 3.8) is 0 Å². The SMILES string of the molecule is Cc1cc(C)n(C(CNC(=O)C(=O)Nc2cc(C)on2)c2ccsc2)n1. The molecule has 3 rings (SSSR count). The van der Waals surface area contributed by atoms with E-state index >= 15 is 0 Å². The molecule has 0 aliphatic rings. The molecule has 2 amide bonds. The highest BCUT2D eigenvalue weighted by Crippen LogP contribution is 2.22. The zero-order valence-corrected chi connectivity index (χ0v) is 15.5. The Morgan fingerprint density at radius 1 is 1.27 bits per heavy atom. The summed E-state index contributed by atoms with van der Waals surface area (Å²) in [6, 6.07) is 5.30. The van der Waals surface area contributed by atoms with E-state index in [1.54, 1.807) is 18.3 Å². The van der Waals surface area contributed by atoms with Crippen LogP contribution >= 0.6 is 11.3 Å². The normalized spacial score (nSPS) is 12.0. The third kappa shape index (κ3) is 3.99. The predicted molar refractivity (Wildman–Crippen MR) is 97.0 cm³/mol.